The van der Waals surface area contributed by atoms with Gasteiger partial charge in [-0.2, -0.15) is 0 Å². The number of carbonyl (C=O) groups is 1. The Morgan fingerprint density at radius 1 is 1.59 bits per heavy atom. The van der Waals surface area contributed by atoms with Crippen molar-refractivity contribution in [2.24, 2.45) is 5.92 Å². The molecule has 1 fully saturated rings. The van der Waals surface area contributed by atoms with Crippen LogP contribution >= 0.6 is 11.3 Å². The third-order valence-electron chi connectivity index (χ3n) is 3.38. The fraction of sp³-hybridized carbons (Fsp3) is 0.667. The Labute approximate surface area is 105 Å². The molecule has 2 rings (SSSR count). The summed E-state index contributed by atoms with van der Waals surface area (Å²) in [5, 5.41) is 8.76. The minimum absolute atomic E-state index is 0.327. The Hall–Kier alpha value is -0.940. The van der Waals surface area contributed by atoms with Crippen molar-refractivity contribution >= 4 is 17.3 Å². The number of likely N-dealkylation sites (tertiary alicyclic amines) is 1. The summed E-state index contributed by atoms with van der Waals surface area (Å²) in [4.78, 5) is 18.6. The van der Waals surface area contributed by atoms with Gasteiger partial charge in [0.2, 0.25) is 0 Å². The molecule has 1 aromatic heterocycles. The lowest BCUT2D eigenvalue weighted by Gasteiger charge is -2.30. The molecule has 0 atom stereocenters. The van der Waals surface area contributed by atoms with Gasteiger partial charge in [-0.1, -0.05) is 0 Å². The van der Waals surface area contributed by atoms with Gasteiger partial charge in [-0.05, 0) is 38.8 Å². The molecule has 1 aromatic rings. The number of aliphatic carboxylic acids is 1. The molecule has 0 saturated carbocycles. The fourth-order valence-electron chi connectivity index (χ4n) is 2.28. The molecule has 94 valence electrons. The normalized spacial score (nSPS) is 18.4. The average molecular weight is 254 g/mol. The van der Waals surface area contributed by atoms with Crippen LogP contribution in [0.1, 0.15) is 29.8 Å². The lowest BCUT2D eigenvalue weighted by atomic mass is 9.93. The molecule has 0 aliphatic carbocycles. The van der Waals surface area contributed by atoms with E-state index in [0.29, 0.717) is 12.3 Å². The smallest absolute Gasteiger partial charge is 0.303 e. The van der Waals surface area contributed by atoms with E-state index >= 15 is 0 Å². The maximum absolute atomic E-state index is 10.6. The third-order valence-corrected chi connectivity index (χ3v) is 4.30. The maximum Gasteiger partial charge on any atom is 0.303 e. The van der Waals surface area contributed by atoms with E-state index < -0.39 is 5.97 Å². The summed E-state index contributed by atoms with van der Waals surface area (Å²) in [6, 6.07) is 0. The van der Waals surface area contributed by atoms with Crippen LogP contribution in [-0.4, -0.2) is 34.0 Å². The van der Waals surface area contributed by atoms with E-state index in [-0.39, 0.29) is 0 Å². The first-order chi connectivity index (χ1) is 8.15. The van der Waals surface area contributed by atoms with Crippen molar-refractivity contribution in [1.82, 2.24) is 9.88 Å². The topological polar surface area (TPSA) is 53.4 Å². The van der Waals surface area contributed by atoms with E-state index in [0.717, 1.165) is 38.2 Å². The Balaban J connectivity index is 1.79. The molecule has 0 aromatic carbocycles. The predicted octanol–water partition coefficient (Wildman–Crippen LogP) is 2.14. The van der Waals surface area contributed by atoms with Gasteiger partial charge in [0.25, 0.3) is 0 Å². The zero-order chi connectivity index (χ0) is 12.3. The lowest BCUT2D eigenvalue weighted by Crippen LogP contribution is -2.33. The van der Waals surface area contributed by atoms with Crippen LogP contribution in [0.2, 0.25) is 0 Å². The maximum atomic E-state index is 10.6. The van der Waals surface area contributed by atoms with E-state index in [4.69, 9.17) is 5.11 Å². The molecule has 2 heterocycles. The first-order valence-corrected chi connectivity index (χ1v) is 6.86. The quantitative estimate of drug-likeness (QED) is 0.894. The molecular weight excluding hydrogens is 236 g/mol. The van der Waals surface area contributed by atoms with Crippen molar-refractivity contribution in [1.29, 1.82) is 0 Å². The summed E-state index contributed by atoms with van der Waals surface area (Å²) in [6.07, 6.45) is 2.34. The number of hydrogen-bond acceptors (Lipinski definition) is 4. The Morgan fingerprint density at radius 2 is 2.29 bits per heavy atom. The molecule has 0 unspecified atom stereocenters. The highest BCUT2D eigenvalue weighted by atomic mass is 32.1. The molecule has 1 N–H and O–H groups in total. The van der Waals surface area contributed by atoms with Crippen LogP contribution < -0.4 is 0 Å². The van der Waals surface area contributed by atoms with Gasteiger partial charge in [0, 0.05) is 17.8 Å². The van der Waals surface area contributed by atoms with E-state index in [1.165, 1.54) is 4.88 Å². The predicted molar refractivity (Wildman–Crippen MR) is 67.1 cm³/mol. The summed E-state index contributed by atoms with van der Waals surface area (Å²) >= 11 is 1.71. The van der Waals surface area contributed by atoms with Gasteiger partial charge in [0.05, 0.1) is 11.2 Å². The second kappa shape index (κ2) is 5.60. The van der Waals surface area contributed by atoms with Gasteiger partial charge < -0.3 is 5.11 Å². The fourth-order valence-corrected chi connectivity index (χ4v) is 3.10. The number of carboxylic acid groups (broad SMARTS) is 1. The first kappa shape index (κ1) is 12.5. The van der Waals surface area contributed by atoms with Gasteiger partial charge >= 0.3 is 5.97 Å². The first-order valence-electron chi connectivity index (χ1n) is 5.98. The standard InChI is InChI=1S/C12H18N2O2S/c1-9-11(17-8-13-9)7-14-4-2-10(3-5-14)6-12(15)16/h8,10H,2-7H2,1H3,(H,15,16). The number of nitrogens with zero attached hydrogens (tertiary/aromatic N) is 2. The Kier molecular flexibility index (Phi) is 4.12. The summed E-state index contributed by atoms with van der Waals surface area (Å²) in [6.45, 7) is 5.03. The van der Waals surface area contributed by atoms with Gasteiger partial charge in [-0.25, -0.2) is 4.98 Å². The van der Waals surface area contributed by atoms with E-state index in [1.54, 1.807) is 11.3 Å². The van der Waals surface area contributed by atoms with Crippen LogP contribution in [0.25, 0.3) is 0 Å². The highest BCUT2D eigenvalue weighted by molar-refractivity contribution is 7.09. The molecule has 0 amide bonds. The minimum atomic E-state index is -0.665. The van der Waals surface area contributed by atoms with Crippen LogP contribution in [0.3, 0.4) is 0 Å². The number of carboxylic acids is 1. The number of rotatable bonds is 4. The van der Waals surface area contributed by atoms with Crippen molar-refractivity contribution in [3.05, 3.63) is 16.1 Å². The van der Waals surface area contributed by atoms with Crippen LogP contribution in [0.4, 0.5) is 0 Å². The molecule has 4 nitrogen and oxygen atoms in total. The number of aromatic nitrogens is 1. The van der Waals surface area contributed by atoms with Crippen molar-refractivity contribution in [2.75, 3.05) is 13.1 Å². The second-order valence-electron chi connectivity index (χ2n) is 4.68. The molecular formula is C12H18N2O2S. The Bertz CT molecular complexity index is 384. The average Bonchev–Trinajstić information content (AvgIpc) is 2.67. The molecule has 5 heteroatoms. The van der Waals surface area contributed by atoms with Crippen LogP contribution in [0, 0.1) is 12.8 Å². The molecule has 0 spiro atoms. The molecule has 0 bridgehead atoms. The summed E-state index contributed by atoms with van der Waals surface area (Å²) in [7, 11) is 0. The highest BCUT2D eigenvalue weighted by Gasteiger charge is 2.21. The van der Waals surface area contributed by atoms with Crippen LogP contribution in [0.5, 0.6) is 0 Å². The second-order valence-corrected chi connectivity index (χ2v) is 5.62. The van der Waals surface area contributed by atoms with Crippen LogP contribution in [0.15, 0.2) is 5.51 Å². The lowest BCUT2D eigenvalue weighted by molar-refractivity contribution is -0.138. The van der Waals surface area contributed by atoms with Gasteiger partial charge in [-0.15, -0.1) is 11.3 Å². The minimum Gasteiger partial charge on any atom is -0.481 e. The van der Waals surface area contributed by atoms with Gasteiger partial charge in [-0.3, -0.25) is 9.69 Å². The molecule has 0 radical (unpaired) electrons. The van der Waals surface area contributed by atoms with Crippen molar-refractivity contribution in [2.45, 2.75) is 32.7 Å². The summed E-state index contributed by atoms with van der Waals surface area (Å²) in [5.41, 5.74) is 3.02. The monoisotopic (exact) mass is 254 g/mol. The van der Waals surface area contributed by atoms with Crippen molar-refractivity contribution < 1.29 is 9.90 Å². The van der Waals surface area contributed by atoms with Crippen LogP contribution in [-0.2, 0) is 11.3 Å². The third kappa shape index (κ3) is 3.51. The molecule has 17 heavy (non-hydrogen) atoms. The highest BCUT2D eigenvalue weighted by Crippen LogP contribution is 2.23. The van der Waals surface area contributed by atoms with Crippen molar-refractivity contribution in [3.8, 4) is 0 Å². The number of hydrogen-bond donors (Lipinski definition) is 1. The SMILES string of the molecule is Cc1ncsc1CN1CCC(CC(=O)O)CC1. The number of aryl methyl sites for hydroxylation is 1. The summed E-state index contributed by atoms with van der Waals surface area (Å²) < 4.78 is 0. The van der Waals surface area contributed by atoms with E-state index in [9.17, 15) is 4.79 Å². The molecule has 1 aliphatic heterocycles. The molecule has 1 saturated heterocycles. The van der Waals surface area contributed by atoms with Gasteiger partial charge in [0.1, 0.15) is 0 Å². The van der Waals surface area contributed by atoms with Gasteiger partial charge in [0.15, 0.2) is 0 Å². The largest absolute Gasteiger partial charge is 0.481 e. The molecule has 1 aliphatic rings. The Morgan fingerprint density at radius 3 is 2.82 bits per heavy atom. The van der Waals surface area contributed by atoms with E-state index in [1.807, 2.05) is 12.4 Å². The zero-order valence-electron chi connectivity index (χ0n) is 10.1. The number of thiazole rings is 1. The number of piperidine rings is 1. The van der Waals surface area contributed by atoms with E-state index in [2.05, 4.69) is 9.88 Å². The summed E-state index contributed by atoms with van der Waals surface area (Å²) in [5.74, 6) is -0.298. The zero-order valence-corrected chi connectivity index (χ0v) is 10.9. The van der Waals surface area contributed by atoms with Crippen molar-refractivity contribution in [3.63, 3.8) is 0 Å².